The number of hydrogen-bond donors (Lipinski definition) is 5. The Morgan fingerprint density at radius 1 is 0.725 bits per heavy atom. The molecule has 6 aromatic rings. The van der Waals surface area contributed by atoms with Crippen molar-refractivity contribution in [1.82, 2.24) is 60.4 Å². The molecule has 10 rings (SSSR count). The number of carbonyl (C=O) groups is 1. The first-order valence-corrected chi connectivity index (χ1v) is 28.3. The van der Waals surface area contributed by atoms with E-state index in [-0.39, 0.29) is 47.5 Å². The fourth-order valence-electron chi connectivity index (χ4n) is 11.4. The van der Waals surface area contributed by atoms with E-state index in [0.29, 0.717) is 86.1 Å². The number of piperidine rings is 4. The van der Waals surface area contributed by atoms with Crippen molar-refractivity contribution in [2.24, 2.45) is 0 Å². The molecule has 0 saturated carbocycles. The zero-order valence-electron chi connectivity index (χ0n) is 46.4. The van der Waals surface area contributed by atoms with Gasteiger partial charge in [-0.05, 0) is 132 Å². The van der Waals surface area contributed by atoms with Crippen LogP contribution in [0.4, 0.5) is 60.0 Å². The van der Waals surface area contributed by atoms with Crippen molar-refractivity contribution in [2.75, 3.05) is 91.8 Å². The highest BCUT2D eigenvalue weighted by Crippen LogP contribution is 2.38. The molecule has 4 aliphatic rings. The largest absolute Gasteiger partial charge is 0.416 e. The monoisotopic (exact) mass is 1100 g/mol. The normalized spacial score (nSPS) is 21.2. The maximum Gasteiger partial charge on any atom is 0.416 e. The number of pyridine rings is 3. The Kier molecular flexibility index (Phi) is 17.9. The Morgan fingerprint density at radius 2 is 1.38 bits per heavy atom. The van der Waals surface area contributed by atoms with Gasteiger partial charge in [0.05, 0.1) is 35.9 Å². The smallest absolute Gasteiger partial charge is 0.379 e. The third-order valence-electron chi connectivity index (χ3n) is 15.8. The van der Waals surface area contributed by atoms with Gasteiger partial charge in [-0.3, -0.25) is 4.79 Å². The number of rotatable bonds is 18. The molecule has 424 valence electrons. The lowest BCUT2D eigenvalue weighted by Crippen LogP contribution is -2.57. The van der Waals surface area contributed by atoms with Crippen LogP contribution in [-0.4, -0.2) is 134 Å². The van der Waals surface area contributed by atoms with Crippen molar-refractivity contribution in [3.05, 3.63) is 113 Å². The number of alkyl halides is 3. The molecule has 0 radical (unpaired) electrons. The van der Waals surface area contributed by atoms with Gasteiger partial charge in [0.2, 0.25) is 17.8 Å². The van der Waals surface area contributed by atoms with Crippen LogP contribution < -0.4 is 36.4 Å². The molecular weight excluding hydrogens is 1020 g/mol. The second kappa shape index (κ2) is 25.5. The van der Waals surface area contributed by atoms with E-state index in [2.05, 4.69) is 53.4 Å². The summed E-state index contributed by atoms with van der Waals surface area (Å²) in [5.74, 6) is 4.90. The summed E-state index contributed by atoms with van der Waals surface area (Å²) >= 11 is 0. The van der Waals surface area contributed by atoms with Crippen molar-refractivity contribution in [2.45, 2.75) is 127 Å². The Balaban J connectivity index is 0.843. The van der Waals surface area contributed by atoms with E-state index >= 15 is 0 Å². The molecule has 5 N–H and O–H groups in total. The van der Waals surface area contributed by atoms with Crippen molar-refractivity contribution >= 4 is 52.7 Å². The third-order valence-corrected chi connectivity index (χ3v) is 15.8. The Hall–Kier alpha value is -7.17. The number of likely N-dealkylation sites (N-methyl/N-ethyl adjacent to an activating group) is 1. The highest BCUT2D eigenvalue weighted by atomic mass is 19.4. The van der Waals surface area contributed by atoms with Crippen LogP contribution >= 0.6 is 0 Å². The molecule has 0 spiro atoms. The lowest BCUT2D eigenvalue weighted by atomic mass is 9.80. The minimum absolute atomic E-state index is 0.00523. The van der Waals surface area contributed by atoms with E-state index in [1.807, 2.05) is 73.2 Å². The van der Waals surface area contributed by atoms with E-state index in [1.165, 1.54) is 6.42 Å². The molecule has 6 atom stereocenters. The van der Waals surface area contributed by atoms with Gasteiger partial charge in [0.15, 0.2) is 0 Å². The molecule has 0 aliphatic carbocycles. The molecule has 22 heteroatoms. The molecule has 1 amide bonds. The van der Waals surface area contributed by atoms with Crippen molar-refractivity contribution < 1.29 is 22.7 Å². The van der Waals surface area contributed by atoms with Gasteiger partial charge < -0.3 is 46.0 Å². The molecule has 0 bridgehead atoms. The molecule has 10 heterocycles. The predicted octanol–water partition coefficient (Wildman–Crippen LogP) is 9.45. The minimum atomic E-state index is -4.56. The maximum atomic E-state index is 13.9. The molecular formula is C58H74F3N17O2. The van der Waals surface area contributed by atoms with Gasteiger partial charge in [-0.15, -0.1) is 0 Å². The molecule has 0 aromatic carbocycles. The average molecular weight is 1100 g/mol. The Labute approximate surface area is 466 Å². The molecule has 6 unspecified atom stereocenters. The van der Waals surface area contributed by atoms with Crippen molar-refractivity contribution in [3.8, 4) is 0 Å². The number of nitrogens with one attached hydrogen (secondary N) is 5. The van der Waals surface area contributed by atoms with Crippen LogP contribution in [0.25, 0.3) is 0 Å². The second-order valence-electron chi connectivity index (χ2n) is 22.0. The summed E-state index contributed by atoms with van der Waals surface area (Å²) in [4.78, 5) is 63.3. The number of hydrogen-bond acceptors (Lipinski definition) is 18. The molecule has 80 heavy (non-hydrogen) atoms. The first kappa shape index (κ1) is 56.1. The average Bonchev–Trinajstić information content (AvgIpc) is 3.46. The van der Waals surface area contributed by atoms with Crippen LogP contribution in [0.1, 0.15) is 135 Å². The van der Waals surface area contributed by atoms with E-state index in [4.69, 9.17) is 34.6 Å². The van der Waals surface area contributed by atoms with Crippen molar-refractivity contribution in [3.63, 3.8) is 0 Å². The van der Waals surface area contributed by atoms with E-state index in [1.54, 1.807) is 19.3 Å². The lowest BCUT2D eigenvalue weighted by molar-refractivity contribution is -0.137. The predicted molar refractivity (Wildman–Crippen MR) is 303 cm³/mol. The maximum absolute atomic E-state index is 13.9. The van der Waals surface area contributed by atoms with Crippen molar-refractivity contribution in [1.29, 1.82) is 0 Å². The number of aryl methyl sites for hydroxylation is 2. The van der Waals surface area contributed by atoms with Crippen LogP contribution in [0.5, 0.6) is 0 Å². The van der Waals surface area contributed by atoms with Gasteiger partial charge in [0.1, 0.15) is 40.7 Å². The number of likely N-dealkylation sites (tertiary alicyclic amines) is 1. The molecule has 19 nitrogen and oxygen atoms in total. The summed E-state index contributed by atoms with van der Waals surface area (Å²) < 4.78 is 48.0. The number of carbonyl (C=O) groups excluding carboxylic acids is 1. The Morgan fingerprint density at radius 3 is 2.04 bits per heavy atom. The highest BCUT2D eigenvalue weighted by Gasteiger charge is 2.40. The number of anilines is 8. The number of amides is 1. The molecule has 4 fully saturated rings. The third kappa shape index (κ3) is 14.4. The van der Waals surface area contributed by atoms with E-state index in [9.17, 15) is 18.0 Å². The van der Waals surface area contributed by atoms with Crippen LogP contribution in [-0.2, 0) is 15.7 Å². The Bertz CT molecular complexity index is 3070. The summed E-state index contributed by atoms with van der Waals surface area (Å²) in [5.41, 5.74) is 3.97. The number of ether oxygens (including phenoxy) is 1. The zero-order valence-corrected chi connectivity index (χ0v) is 46.4. The summed E-state index contributed by atoms with van der Waals surface area (Å²) in [7, 11) is 1.88. The number of nitrogens with zero attached hydrogens (tertiary/aromatic N) is 12. The van der Waals surface area contributed by atoms with Gasteiger partial charge in [0, 0.05) is 119 Å². The van der Waals surface area contributed by atoms with Gasteiger partial charge in [-0.25, -0.2) is 34.9 Å². The van der Waals surface area contributed by atoms with Gasteiger partial charge in [0.25, 0.3) is 0 Å². The standard InChI is InChI=1S/C58H74F3N17O2/c1-36-13-18-64-49(26-36)70-52-31-45(41-10-9-17-62-33-41)67-55(73-52)38(3)35-80-25-24-76(5)56-68-44(30-53(74-56)72-51-29-43(16-21-66-51)58(59,60)61)40-15-20-63-47(28-40)48-12-11-42(34-78(48)39(4)79)46-32-54(71-50-27-37(2)14-19-65-50)75-57(69-46)77-22-7-6-8-23-77/h13-14,16,18-19,21,26-27,29-32,38,40-42,47-48,62-63H,6-12,15,17,20,22-25,28,33-35H2,1-5H3,(H,64,67,70,73)(H,65,69,71,75)(H,66,68,72,74). The number of aromatic nitrogens is 9. The molecule has 4 aliphatic heterocycles. The van der Waals surface area contributed by atoms with E-state index in [0.717, 1.165) is 118 Å². The summed E-state index contributed by atoms with van der Waals surface area (Å²) in [6.07, 6.45) is 8.59. The van der Waals surface area contributed by atoms with Crippen LogP contribution in [0.15, 0.2) is 73.2 Å². The summed E-state index contributed by atoms with van der Waals surface area (Å²) in [5, 5.41) is 17.2. The topological polar surface area (TPSA) is 212 Å². The molecule has 4 saturated heterocycles. The van der Waals surface area contributed by atoms with Gasteiger partial charge in [-0.2, -0.15) is 23.1 Å². The SMILES string of the molecule is CC(=O)N1CC(c2cc(Nc3cc(C)ccn3)nc(N3CCCCC3)n2)CCC1C1CC(c2cc(Nc3cc(C(F)(F)F)ccn3)nc(N(C)CCOCC(C)c3nc(Nc4cc(C)ccn4)cc(C4CCCNC4)n3)n2)CCN1. The summed E-state index contributed by atoms with van der Waals surface area (Å²) in [6.45, 7) is 13.7. The quantitative estimate of drug-likeness (QED) is 0.0507. The summed E-state index contributed by atoms with van der Waals surface area (Å²) in [6, 6.07) is 15.5. The first-order valence-electron chi connectivity index (χ1n) is 28.3. The second-order valence-corrected chi connectivity index (χ2v) is 22.0. The van der Waals surface area contributed by atoms with Crippen LogP contribution in [0, 0.1) is 13.8 Å². The van der Waals surface area contributed by atoms with Crippen LogP contribution in [0.3, 0.4) is 0 Å². The van der Waals surface area contributed by atoms with Gasteiger partial charge in [-0.1, -0.05) is 6.92 Å². The highest BCUT2D eigenvalue weighted by molar-refractivity contribution is 5.74. The lowest BCUT2D eigenvalue weighted by Gasteiger charge is -2.45. The first-order chi connectivity index (χ1) is 38.7. The minimum Gasteiger partial charge on any atom is -0.379 e. The zero-order chi connectivity index (χ0) is 55.8. The van der Waals surface area contributed by atoms with E-state index < -0.39 is 11.7 Å². The van der Waals surface area contributed by atoms with Gasteiger partial charge >= 0.3 is 6.18 Å². The molecule has 6 aromatic heterocycles. The number of halogens is 3. The van der Waals surface area contributed by atoms with Crippen LogP contribution in [0.2, 0.25) is 0 Å². The fraction of sp³-hybridized carbons (Fsp3) is 0.517. The fourth-order valence-corrected chi connectivity index (χ4v) is 11.4.